The van der Waals surface area contributed by atoms with Crippen molar-refractivity contribution < 1.29 is 18.3 Å². The average molecular weight is 283 g/mol. The van der Waals surface area contributed by atoms with Gasteiger partial charge in [0.15, 0.2) is 0 Å². The molecule has 5 nitrogen and oxygen atoms in total. The van der Waals surface area contributed by atoms with Crippen molar-refractivity contribution in [3.63, 3.8) is 0 Å². The van der Waals surface area contributed by atoms with Crippen molar-refractivity contribution in [3.05, 3.63) is 23.5 Å². The molecule has 0 bridgehead atoms. The number of halogens is 2. The van der Waals surface area contributed by atoms with Gasteiger partial charge in [0, 0.05) is 19.3 Å². The smallest absolute Gasteiger partial charge is 0.339 e. The lowest BCUT2D eigenvalue weighted by Crippen LogP contribution is -2.40. The van der Waals surface area contributed by atoms with Gasteiger partial charge in [-0.3, -0.25) is 4.90 Å². The van der Waals surface area contributed by atoms with Crippen LogP contribution in [0.5, 0.6) is 0 Å². The van der Waals surface area contributed by atoms with Crippen molar-refractivity contribution in [1.29, 1.82) is 5.26 Å². The SMILES string of the molecule is N#Cc1cc(C(=O)OC2CCN(CC(F)F)CC2)c[nH]1. The number of piperidine rings is 1. The molecule has 1 aliphatic heterocycles. The number of nitriles is 1. The van der Waals surface area contributed by atoms with Crippen LogP contribution < -0.4 is 0 Å². The summed E-state index contributed by atoms with van der Waals surface area (Å²) in [6.07, 6.45) is -0.0651. The molecule has 2 rings (SSSR count). The van der Waals surface area contributed by atoms with Crippen molar-refractivity contribution in [1.82, 2.24) is 9.88 Å². The molecule has 1 aromatic rings. The highest BCUT2D eigenvalue weighted by molar-refractivity contribution is 5.89. The summed E-state index contributed by atoms with van der Waals surface area (Å²) in [4.78, 5) is 16.1. The first-order chi connectivity index (χ1) is 9.58. The maximum Gasteiger partial charge on any atom is 0.339 e. The Kier molecular flexibility index (Phi) is 4.69. The first kappa shape index (κ1) is 14.5. The summed E-state index contributed by atoms with van der Waals surface area (Å²) >= 11 is 0. The summed E-state index contributed by atoms with van der Waals surface area (Å²) in [6.45, 7) is 0.766. The summed E-state index contributed by atoms with van der Waals surface area (Å²) < 4.78 is 29.8. The Morgan fingerprint density at radius 2 is 2.25 bits per heavy atom. The highest BCUT2D eigenvalue weighted by Gasteiger charge is 2.24. The third-order valence-electron chi connectivity index (χ3n) is 3.24. The number of nitrogens with zero attached hydrogens (tertiary/aromatic N) is 2. The van der Waals surface area contributed by atoms with Gasteiger partial charge < -0.3 is 9.72 Å². The summed E-state index contributed by atoms with van der Waals surface area (Å²) in [7, 11) is 0. The van der Waals surface area contributed by atoms with E-state index in [1.165, 1.54) is 12.3 Å². The maximum absolute atomic E-state index is 12.2. The van der Waals surface area contributed by atoms with Crippen LogP contribution in [0.1, 0.15) is 28.9 Å². The van der Waals surface area contributed by atoms with Crippen LogP contribution in [0.25, 0.3) is 0 Å². The van der Waals surface area contributed by atoms with Crippen molar-refractivity contribution in [2.75, 3.05) is 19.6 Å². The van der Waals surface area contributed by atoms with E-state index < -0.39 is 12.4 Å². The van der Waals surface area contributed by atoms with E-state index in [0.717, 1.165) is 0 Å². The van der Waals surface area contributed by atoms with Crippen LogP contribution in [-0.2, 0) is 4.74 Å². The minimum Gasteiger partial charge on any atom is -0.459 e. The molecule has 0 unspecified atom stereocenters. The molecule has 0 amide bonds. The molecule has 1 fully saturated rings. The van der Waals surface area contributed by atoms with E-state index in [1.807, 2.05) is 6.07 Å². The van der Waals surface area contributed by atoms with E-state index >= 15 is 0 Å². The fourth-order valence-corrected chi connectivity index (χ4v) is 2.20. The molecule has 0 radical (unpaired) electrons. The summed E-state index contributed by atoms with van der Waals surface area (Å²) in [5, 5.41) is 8.66. The highest BCUT2D eigenvalue weighted by Crippen LogP contribution is 2.17. The summed E-state index contributed by atoms with van der Waals surface area (Å²) in [5.41, 5.74) is 0.597. The molecular formula is C13H15F2N3O2. The summed E-state index contributed by atoms with van der Waals surface area (Å²) in [6, 6.07) is 3.31. The topological polar surface area (TPSA) is 69.1 Å². The molecule has 1 saturated heterocycles. The first-order valence-corrected chi connectivity index (χ1v) is 6.38. The van der Waals surface area contributed by atoms with Gasteiger partial charge >= 0.3 is 5.97 Å². The molecule has 20 heavy (non-hydrogen) atoms. The van der Waals surface area contributed by atoms with Crippen molar-refractivity contribution in [3.8, 4) is 6.07 Å². The third kappa shape index (κ3) is 3.78. The molecule has 0 aliphatic carbocycles. The molecule has 1 aromatic heterocycles. The van der Waals surface area contributed by atoms with Gasteiger partial charge in [-0.15, -0.1) is 0 Å². The minimum absolute atomic E-state index is 0.232. The number of hydrogen-bond acceptors (Lipinski definition) is 4. The highest BCUT2D eigenvalue weighted by atomic mass is 19.3. The quantitative estimate of drug-likeness (QED) is 0.855. The lowest BCUT2D eigenvalue weighted by Gasteiger charge is -2.31. The van der Waals surface area contributed by atoms with Crippen LogP contribution in [0.15, 0.2) is 12.3 Å². The number of ether oxygens (including phenoxy) is 1. The van der Waals surface area contributed by atoms with Gasteiger partial charge in [-0.25, -0.2) is 13.6 Å². The van der Waals surface area contributed by atoms with E-state index in [9.17, 15) is 13.6 Å². The van der Waals surface area contributed by atoms with Crippen LogP contribution in [0, 0.1) is 11.3 Å². The van der Waals surface area contributed by atoms with Gasteiger partial charge in [-0.2, -0.15) is 5.26 Å². The Hall–Kier alpha value is -1.94. The number of alkyl halides is 2. The molecule has 108 valence electrons. The molecule has 7 heteroatoms. The Bertz CT molecular complexity index is 502. The van der Waals surface area contributed by atoms with Crippen molar-refractivity contribution >= 4 is 5.97 Å². The van der Waals surface area contributed by atoms with E-state index in [0.29, 0.717) is 37.2 Å². The molecule has 0 atom stereocenters. The Balaban J connectivity index is 1.80. The number of likely N-dealkylation sites (tertiary alicyclic amines) is 1. The Morgan fingerprint density at radius 1 is 1.55 bits per heavy atom. The summed E-state index contributed by atoms with van der Waals surface area (Å²) in [5.74, 6) is -0.491. The van der Waals surface area contributed by atoms with Gasteiger partial charge in [0.2, 0.25) is 0 Å². The van der Waals surface area contributed by atoms with Gasteiger partial charge in [0.05, 0.1) is 12.1 Å². The molecule has 0 aromatic carbocycles. The standard InChI is InChI=1S/C13H15F2N3O2/c14-12(15)8-18-3-1-11(2-4-18)20-13(19)9-5-10(6-16)17-7-9/h5,7,11-12,17H,1-4,8H2. The number of rotatable bonds is 4. The number of carbonyl (C=O) groups is 1. The predicted molar refractivity (Wildman–Crippen MR) is 66.4 cm³/mol. The third-order valence-corrected chi connectivity index (χ3v) is 3.24. The van der Waals surface area contributed by atoms with Gasteiger partial charge in [-0.1, -0.05) is 0 Å². The van der Waals surface area contributed by atoms with Gasteiger partial charge in [-0.05, 0) is 18.9 Å². The van der Waals surface area contributed by atoms with Crippen LogP contribution >= 0.6 is 0 Å². The van der Waals surface area contributed by atoms with Crippen molar-refractivity contribution in [2.24, 2.45) is 0 Å². The Labute approximate surface area is 115 Å². The zero-order valence-corrected chi connectivity index (χ0v) is 10.8. The molecule has 0 saturated carbocycles. The lowest BCUT2D eigenvalue weighted by molar-refractivity contribution is 0.00227. The van der Waals surface area contributed by atoms with Crippen LogP contribution in [-0.4, -0.2) is 48.0 Å². The zero-order chi connectivity index (χ0) is 14.5. The van der Waals surface area contributed by atoms with Gasteiger partial charge in [0.25, 0.3) is 6.43 Å². The fraction of sp³-hybridized carbons (Fsp3) is 0.538. The lowest BCUT2D eigenvalue weighted by atomic mass is 10.1. The molecule has 2 heterocycles. The van der Waals surface area contributed by atoms with Crippen LogP contribution in [0.2, 0.25) is 0 Å². The second-order valence-electron chi connectivity index (χ2n) is 4.71. The number of aromatic nitrogens is 1. The largest absolute Gasteiger partial charge is 0.459 e. The zero-order valence-electron chi connectivity index (χ0n) is 10.8. The number of carbonyl (C=O) groups excluding carboxylic acids is 1. The molecule has 0 spiro atoms. The normalized spacial score (nSPS) is 17.1. The first-order valence-electron chi connectivity index (χ1n) is 6.38. The number of H-pyrrole nitrogens is 1. The predicted octanol–water partition coefficient (Wildman–Crippen LogP) is 1.77. The minimum atomic E-state index is -2.33. The fourth-order valence-electron chi connectivity index (χ4n) is 2.20. The second-order valence-corrected chi connectivity index (χ2v) is 4.71. The number of hydrogen-bond donors (Lipinski definition) is 1. The van der Waals surface area contributed by atoms with Crippen molar-refractivity contribution in [2.45, 2.75) is 25.4 Å². The number of nitrogens with one attached hydrogen (secondary N) is 1. The molecular weight excluding hydrogens is 268 g/mol. The van der Waals surface area contributed by atoms with E-state index in [-0.39, 0.29) is 12.6 Å². The van der Waals surface area contributed by atoms with Gasteiger partial charge in [0.1, 0.15) is 17.9 Å². The molecule has 1 aliphatic rings. The van der Waals surface area contributed by atoms with Crippen LogP contribution in [0.4, 0.5) is 8.78 Å². The second kappa shape index (κ2) is 6.48. The monoisotopic (exact) mass is 283 g/mol. The van der Waals surface area contributed by atoms with E-state index in [1.54, 1.807) is 4.90 Å². The average Bonchev–Trinajstić information content (AvgIpc) is 2.89. The van der Waals surface area contributed by atoms with E-state index in [4.69, 9.17) is 10.00 Å². The number of aromatic amines is 1. The van der Waals surface area contributed by atoms with Crippen LogP contribution in [0.3, 0.4) is 0 Å². The number of esters is 1. The van der Waals surface area contributed by atoms with E-state index in [2.05, 4.69) is 4.98 Å². The Morgan fingerprint density at radius 3 is 2.80 bits per heavy atom. The maximum atomic E-state index is 12.2. The molecule has 1 N–H and O–H groups in total.